The van der Waals surface area contributed by atoms with Crippen LogP contribution in [-0.4, -0.2) is 0 Å². The van der Waals surface area contributed by atoms with Crippen molar-refractivity contribution in [2.75, 3.05) is 0 Å². The van der Waals surface area contributed by atoms with Crippen LogP contribution in [0.25, 0.3) is 0 Å². The van der Waals surface area contributed by atoms with E-state index in [1.54, 1.807) is 18.2 Å². The van der Waals surface area contributed by atoms with Gasteiger partial charge >= 0.3 is 6.18 Å². The molecule has 0 atom stereocenters. The van der Waals surface area contributed by atoms with Crippen LogP contribution in [0.4, 0.5) is 13.2 Å². The lowest BCUT2D eigenvalue weighted by molar-refractivity contribution is -0.137. The Morgan fingerprint density at radius 2 is 1.86 bits per heavy atom. The Balaban J connectivity index is 2.36. The molecule has 0 saturated heterocycles. The van der Waals surface area contributed by atoms with Gasteiger partial charge in [-0.3, -0.25) is 0 Å². The Labute approximate surface area is 131 Å². The molecule has 2 aromatic rings. The van der Waals surface area contributed by atoms with Crippen molar-refractivity contribution in [3.05, 3.63) is 57.0 Å². The van der Waals surface area contributed by atoms with Crippen LogP contribution in [0, 0.1) is 11.3 Å². The average molecular weight is 377 g/mol. The fraction of sp³-hybridized carbons (Fsp3) is 0.0714. The van der Waals surface area contributed by atoms with Gasteiger partial charge in [-0.05, 0) is 36.4 Å². The minimum atomic E-state index is -4.58. The van der Waals surface area contributed by atoms with Crippen molar-refractivity contribution in [1.82, 2.24) is 0 Å². The minimum absolute atomic E-state index is 0.101. The first kappa shape index (κ1) is 15.7. The molecule has 0 aliphatic heterocycles. The van der Waals surface area contributed by atoms with Gasteiger partial charge in [0, 0.05) is 4.47 Å². The fourth-order valence-corrected chi connectivity index (χ4v) is 2.32. The number of ether oxygens (including phenoxy) is 1. The smallest absolute Gasteiger partial charge is 0.417 e. The molecular weight excluding hydrogens is 371 g/mol. The van der Waals surface area contributed by atoms with Gasteiger partial charge in [0.25, 0.3) is 0 Å². The van der Waals surface area contributed by atoms with E-state index in [4.69, 9.17) is 21.6 Å². The number of hydrogen-bond donors (Lipinski definition) is 0. The summed E-state index contributed by atoms with van der Waals surface area (Å²) >= 11 is 9.18. The summed E-state index contributed by atoms with van der Waals surface area (Å²) in [6, 6.07) is 9.32. The highest BCUT2D eigenvalue weighted by Crippen LogP contribution is 2.36. The Bertz CT molecular complexity index is 725. The van der Waals surface area contributed by atoms with Crippen molar-refractivity contribution >= 4 is 27.5 Å². The summed E-state index contributed by atoms with van der Waals surface area (Å²) in [7, 11) is 0. The Morgan fingerprint density at radius 1 is 1.14 bits per heavy atom. The Kier molecular flexibility index (Phi) is 4.45. The van der Waals surface area contributed by atoms with Gasteiger partial charge in [0.05, 0.1) is 22.2 Å². The van der Waals surface area contributed by atoms with E-state index in [0.717, 1.165) is 22.7 Å². The van der Waals surface area contributed by atoms with Crippen LogP contribution < -0.4 is 4.74 Å². The van der Waals surface area contributed by atoms with Crippen LogP contribution in [0.2, 0.25) is 5.02 Å². The lowest BCUT2D eigenvalue weighted by Gasteiger charge is -2.12. The maximum atomic E-state index is 12.7. The van der Waals surface area contributed by atoms with Crippen molar-refractivity contribution in [2.24, 2.45) is 0 Å². The second-order valence-corrected chi connectivity index (χ2v) is 5.32. The number of hydrogen-bond acceptors (Lipinski definition) is 2. The quantitative estimate of drug-likeness (QED) is 0.665. The molecule has 0 aromatic heterocycles. The van der Waals surface area contributed by atoms with Crippen LogP contribution in [0.5, 0.6) is 11.5 Å². The summed E-state index contributed by atoms with van der Waals surface area (Å²) in [5, 5.41) is 9.12. The fourth-order valence-electron chi connectivity index (χ4n) is 1.61. The van der Waals surface area contributed by atoms with E-state index in [1.165, 1.54) is 6.07 Å². The number of halogens is 5. The molecule has 0 N–H and O–H groups in total. The van der Waals surface area contributed by atoms with E-state index < -0.39 is 17.3 Å². The van der Waals surface area contributed by atoms with Crippen molar-refractivity contribution < 1.29 is 17.9 Å². The first-order valence-electron chi connectivity index (χ1n) is 5.55. The van der Waals surface area contributed by atoms with Crippen LogP contribution in [-0.2, 0) is 6.18 Å². The summed E-state index contributed by atoms with van der Waals surface area (Å²) in [5.41, 5.74) is -1.51. The van der Waals surface area contributed by atoms with Crippen LogP contribution in [0.1, 0.15) is 11.1 Å². The molecule has 0 radical (unpaired) electrons. The molecule has 2 nitrogen and oxygen atoms in total. The third kappa shape index (κ3) is 3.69. The maximum absolute atomic E-state index is 12.7. The number of benzene rings is 2. The zero-order valence-corrected chi connectivity index (χ0v) is 12.6. The van der Waals surface area contributed by atoms with Crippen molar-refractivity contribution in [3.63, 3.8) is 0 Å². The summed E-state index contributed by atoms with van der Waals surface area (Å²) in [6.07, 6.45) is -4.58. The molecule has 0 fully saturated rings. The first-order chi connectivity index (χ1) is 9.81. The molecule has 108 valence electrons. The van der Waals surface area contributed by atoms with Crippen LogP contribution >= 0.6 is 27.5 Å². The van der Waals surface area contributed by atoms with Gasteiger partial charge in [-0.15, -0.1) is 0 Å². The number of nitriles is 1. The van der Waals surface area contributed by atoms with Gasteiger partial charge in [0.15, 0.2) is 0 Å². The molecule has 0 unspecified atom stereocenters. The molecular formula is C14H6BrClF3NO. The molecule has 0 spiro atoms. The zero-order valence-electron chi connectivity index (χ0n) is 10.2. The molecule has 21 heavy (non-hydrogen) atoms. The molecule has 7 heteroatoms. The average Bonchev–Trinajstić information content (AvgIpc) is 2.40. The van der Waals surface area contributed by atoms with E-state index >= 15 is 0 Å². The van der Waals surface area contributed by atoms with Gasteiger partial charge in [0.1, 0.15) is 11.5 Å². The molecule has 2 aromatic carbocycles. The van der Waals surface area contributed by atoms with Crippen molar-refractivity contribution in [1.29, 1.82) is 5.26 Å². The number of alkyl halides is 3. The zero-order chi connectivity index (χ0) is 15.6. The third-order valence-corrected chi connectivity index (χ3v) is 3.33. The SMILES string of the molecule is N#Cc1cc(Oc2ccc(Br)cc2Cl)ccc1C(F)(F)F. The number of rotatable bonds is 2. The highest BCUT2D eigenvalue weighted by atomic mass is 79.9. The molecule has 0 heterocycles. The van der Waals surface area contributed by atoms with E-state index in [1.807, 2.05) is 0 Å². The number of nitrogens with zero attached hydrogens (tertiary/aromatic N) is 1. The van der Waals surface area contributed by atoms with Gasteiger partial charge < -0.3 is 4.74 Å². The van der Waals surface area contributed by atoms with Gasteiger partial charge in [-0.25, -0.2) is 0 Å². The van der Waals surface area contributed by atoms with E-state index in [9.17, 15) is 13.2 Å². The molecule has 2 rings (SSSR count). The molecule has 0 saturated carbocycles. The standard InChI is InChI=1S/C14H6BrClF3NO/c15-9-1-4-13(12(16)6-9)21-10-2-3-11(14(17,18)19)8(5-10)7-20/h1-6H. The Morgan fingerprint density at radius 3 is 2.43 bits per heavy atom. The van der Waals surface area contributed by atoms with Gasteiger partial charge in [-0.1, -0.05) is 27.5 Å². The lowest BCUT2D eigenvalue weighted by Crippen LogP contribution is -2.07. The normalized spacial score (nSPS) is 11.0. The summed E-state index contributed by atoms with van der Waals surface area (Å²) in [5.74, 6) is 0.382. The van der Waals surface area contributed by atoms with Crippen molar-refractivity contribution in [2.45, 2.75) is 6.18 Å². The minimum Gasteiger partial charge on any atom is -0.456 e. The summed E-state index contributed by atoms with van der Waals surface area (Å²) < 4.78 is 44.2. The van der Waals surface area contributed by atoms with Gasteiger partial charge in [0.2, 0.25) is 0 Å². The van der Waals surface area contributed by atoms with E-state index in [0.29, 0.717) is 5.02 Å². The molecule has 0 aliphatic carbocycles. The van der Waals surface area contributed by atoms with E-state index in [-0.39, 0.29) is 11.5 Å². The molecule has 0 aliphatic rings. The first-order valence-corrected chi connectivity index (χ1v) is 6.72. The highest BCUT2D eigenvalue weighted by molar-refractivity contribution is 9.10. The topological polar surface area (TPSA) is 33.0 Å². The maximum Gasteiger partial charge on any atom is 0.417 e. The second kappa shape index (κ2) is 5.96. The predicted molar refractivity (Wildman–Crippen MR) is 75.4 cm³/mol. The van der Waals surface area contributed by atoms with Gasteiger partial charge in [-0.2, -0.15) is 18.4 Å². The monoisotopic (exact) mass is 375 g/mol. The Hall–Kier alpha value is -1.71. The second-order valence-electron chi connectivity index (χ2n) is 3.99. The van der Waals surface area contributed by atoms with Crippen LogP contribution in [0.15, 0.2) is 40.9 Å². The third-order valence-electron chi connectivity index (χ3n) is 2.54. The molecule has 0 bridgehead atoms. The summed E-state index contributed by atoms with van der Waals surface area (Å²) in [6.45, 7) is 0. The van der Waals surface area contributed by atoms with Crippen molar-refractivity contribution in [3.8, 4) is 17.6 Å². The van der Waals surface area contributed by atoms with E-state index in [2.05, 4.69) is 15.9 Å². The largest absolute Gasteiger partial charge is 0.456 e. The van der Waals surface area contributed by atoms with Crippen LogP contribution in [0.3, 0.4) is 0 Å². The lowest BCUT2D eigenvalue weighted by atomic mass is 10.1. The molecule has 0 amide bonds. The summed E-state index contributed by atoms with van der Waals surface area (Å²) in [4.78, 5) is 0. The highest BCUT2D eigenvalue weighted by Gasteiger charge is 2.33. The predicted octanol–water partition coefficient (Wildman–Crippen LogP) is 5.79.